The van der Waals surface area contributed by atoms with Gasteiger partial charge in [0.1, 0.15) is 11.9 Å². The van der Waals surface area contributed by atoms with Crippen LogP contribution < -0.4 is 5.32 Å². The standard InChI is InChI=1S/C19H35N3O9P2/c1-8-27-32(25,28-9-2)17(33(26,29-10-3)30-11-4)21-16(23)12-15-13-22(14-20-15)18(24)31-19(5,6)7/h13-14,17H,8-12H2,1-7H3,(H,21,23). The van der Waals surface area contributed by atoms with Crippen LogP contribution in [0.15, 0.2) is 12.5 Å². The Kier molecular flexibility index (Phi) is 11.4. The fourth-order valence-electron chi connectivity index (χ4n) is 2.64. The molecule has 0 aliphatic carbocycles. The van der Waals surface area contributed by atoms with Crippen LogP contribution >= 0.6 is 15.2 Å². The first-order valence-electron chi connectivity index (χ1n) is 10.7. The highest BCUT2D eigenvalue weighted by atomic mass is 31.2. The topological polar surface area (TPSA) is 144 Å². The molecule has 33 heavy (non-hydrogen) atoms. The van der Waals surface area contributed by atoms with Crippen molar-refractivity contribution in [1.82, 2.24) is 14.9 Å². The highest BCUT2D eigenvalue weighted by molar-refractivity contribution is 7.72. The minimum Gasteiger partial charge on any atom is -0.443 e. The molecule has 0 spiro atoms. The van der Waals surface area contributed by atoms with Gasteiger partial charge in [0.15, 0.2) is 0 Å². The van der Waals surface area contributed by atoms with Crippen LogP contribution in [0.5, 0.6) is 0 Å². The second-order valence-electron chi connectivity index (χ2n) is 7.62. The Bertz CT molecular complexity index is 832. The quantitative estimate of drug-likeness (QED) is 0.384. The van der Waals surface area contributed by atoms with Crippen molar-refractivity contribution in [2.24, 2.45) is 0 Å². The number of aromatic nitrogens is 2. The third-order valence-corrected chi connectivity index (χ3v) is 9.33. The number of hydrogen-bond donors (Lipinski definition) is 1. The number of hydrogen-bond acceptors (Lipinski definition) is 10. The van der Waals surface area contributed by atoms with Crippen molar-refractivity contribution in [3.63, 3.8) is 0 Å². The Morgan fingerprint density at radius 1 is 0.970 bits per heavy atom. The van der Waals surface area contributed by atoms with E-state index in [1.54, 1.807) is 48.5 Å². The van der Waals surface area contributed by atoms with Crippen molar-refractivity contribution in [2.75, 3.05) is 26.4 Å². The summed E-state index contributed by atoms with van der Waals surface area (Å²) >= 11 is 0. The molecule has 1 amide bonds. The Labute approximate surface area is 194 Å². The molecule has 1 heterocycles. The van der Waals surface area contributed by atoms with E-state index in [4.69, 9.17) is 22.8 Å². The molecular formula is C19H35N3O9P2. The van der Waals surface area contributed by atoms with Crippen LogP contribution in [-0.2, 0) is 43.2 Å². The second-order valence-corrected chi connectivity index (χ2v) is 12.3. The second kappa shape index (κ2) is 12.8. The molecule has 190 valence electrons. The molecule has 0 saturated heterocycles. The molecule has 0 bridgehead atoms. The molecule has 0 aliphatic rings. The monoisotopic (exact) mass is 511 g/mol. The summed E-state index contributed by atoms with van der Waals surface area (Å²) in [6, 6.07) is 0. The van der Waals surface area contributed by atoms with E-state index in [-0.39, 0.29) is 38.5 Å². The molecule has 0 unspecified atom stereocenters. The predicted octanol–water partition coefficient (Wildman–Crippen LogP) is 4.14. The van der Waals surface area contributed by atoms with E-state index in [1.165, 1.54) is 12.5 Å². The van der Waals surface area contributed by atoms with E-state index >= 15 is 0 Å². The van der Waals surface area contributed by atoms with Gasteiger partial charge in [-0.2, -0.15) is 0 Å². The fourth-order valence-corrected chi connectivity index (χ4v) is 7.58. The van der Waals surface area contributed by atoms with Crippen molar-refractivity contribution in [1.29, 1.82) is 0 Å². The van der Waals surface area contributed by atoms with Gasteiger partial charge >= 0.3 is 21.3 Å². The van der Waals surface area contributed by atoms with Gasteiger partial charge in [-0.3, -0.25) is 13.9 Å². The summed E-state index contributed by atoms with van der Waals surface area (Å²) in [5, 5.41) is 2.43. The number of carbonyl (C=O) groups excluding carboxylic acids is 2. The van der Waals surface area contributed by atoms with E-state index in [2.05, 4.69) is 10.3 Å². The van der Waals surface area contributed by atoms with Crippen LogP contribution in [0, 0.1) is 0 Å². The van der Waals surface area contributed by atoms with E-state index in [9.17, 15) is 18.7 Å². The van der Waals surface area contributed by atoms with Crippen molar-refractivity contribution < 1.29 is 41.6 Å². The van der Waals surface area contributed by atoms with Crippen LogP contribution in [0.4, 0.5) is 4.79 Å². The summed E-state index contributed by atoms with van der Waals surface area (Å²) in [4.78, 5) is 29.0. The lowest BCUT2D eigenvalue weighted by Gasteiger charge is -2.31. The minimum absolute atomic E-state index is 0.0256. The van der Waals surface area contributed by atoms with Crippen molar-refractivity contribution in [3.05, 3.63) is 18.2 Å². The van der Waals surface area contributed by atoms with Crippen molar-refractivity contribution in [3.8, 4) is 0 Å². The number of ether oxygens (including phenoxy) is 1. The summed E-state index contributed by atoms with van der Waals surface area (Å²) in [6.07, 6.45) is 1.57. The maximum absolute atomic E-state index is 13.5. The Morgan fingerprint density at radius 2 is 1.42 bits per heavy atom. The Morgan fingerprint density at radius 3 is 1.82 bits per heavy atom. The highest BCUT2D eigenvalue weighted by Gasteiger charge is 2.52. The minimum atomic E-state index is -4.15. The fraction of sp³-hybridized carbons (Fsp3) is 0.737. The molecule has 0 saturated carbocycles. The van der Waals surface area contributed by atoms with Gasteiger partial charge in [0.2, 0.25) is 11.4 Å². The molecule has 0 aliphatic heterocycles. The summed E-state index contributed by atoms with van der Waals surface area (Å²) in [5.41, 5.74) is -2.17. The number of amides is 1. The van der Waals surface area contributed by atoms with Gasteiger partial charge in [0.25, 0.3) is 0 Å². The number of rotatable bonds is 13. The first-order chi connectivity index (χ1) is 15.3. The van der Waals surface area contributed by atoms with Gasteiger partial charge in [0.05, 0.1) is 38.5 Å². The number of nitrogens with one attached hydrogen (secondary N) is 1. The SMILES string of the molecule is CCOP(=O)(OCC)C(NC(=O)Cc1cn(C(=O)OC(C)(C)C)cn1)P(=O)(OCC)OCC. The van der Waals surface area contributed by atoms with Gasteiger partial charge in [-0.25, -0.2) is 14.3 Å². The van der Waals surface area contributed by atoms with Gasteiger partial charge < -0.3 is 28.1 Å². The molecule has 1 aromatic heterocycles. The average Bonchev–Trinajstić information content (AvgIpc) is 3.14. The van der Waals surface area contributed by atoms with Gasteiger partial charge in [-0.15, -0.1) is 0 Å². The zero-order valence-electron chi connectivity index (χ0n) is 20.2. The number of nitrogens with zero attached hydrogens (tertiary/aromatic N) is 2. The highest BCUT2D eigenvalue weighted by Crippen LogP contribution is 2.69. The molecule has 0 atom stereocenters. The van der Waals surface area contributed by atoms with E-state index in [0.717, 1.165) is 4.57 Å². The first-order valence-corrected chi connectivity index (χ1v) is 13.9. The molecule has 14 heteroatoms. The lowest BCUT2D eigenvalue weighted by atomic mass is 10.2. The number of carbonyl (C=O) groups is 2. The third kappa shape index (κ3) is 8.96. The van der Waals surface area contributed by atoms with Crippen LogP contribution in [0.25, 0.3) is 0 Å². The molecule has 1 rings (SSSR count). The van der Waals surface area contributed by atoms with Crippen LogP contribution in [0.2, 0.25) is 0 Å². The Balaban J connectivity index is 3.15. The van der Waals surface area contributed by atoms with Crippen LogP contribution in [-0.4, -0.2) is 59.1 Å². The van der Waals surface area contributed by atoms with E-state index in [1.807, 2.05) is 0 Å². The summed E-state index contributed by atoms with van der Waals surface area (Å²) in [6.45, 7) is 11.4. The smallest absolute Gasteiger partial charge is 0.419 e. The third-order valence-electron chi connectivity index (χ3n) is 3.71. The zero-order chi connectivity index (χ0) is 25.3. The maximum Gasteiger partial charge on any atom is 0.419 e. The predicted molar refractivity (Wildman–Crippen MR) is 121 cm³/mol. The average molecular weight is 511 g/mol. The zero-order valence-corrected chi connectivity index (χ0v) is 22.0. The first kappa shape index (κ1) is 29.5. The van der Waals surface area contributed by atoms with Gasteiger partial charge in [0, 0.05) is 6.20 Å². The maximum atomic E-state index is 13.5. The molecular weight excluding hydrogens is 476 g/mol. The van der Waals surface area contributed by atoms with Crippen molar-refractivity contribution in [2.45, 2.75) is 66.0 Å². The largest absolute Gasteiger partial charge is 0.443 e. The molecule has 1 N–H and O–H groups in total. The van der Waals surface area contributed by atoms with E-state index in [0.29, 0.717) is 0 Å². The van der Waals surface area contributed by atoms with E-state index < -0.39 is 38.3 Å². The Hall–Kier alpha value is -1.55. The van der Waals surface area contributed by atoms with Crippen molar-refractivity contribution >= 4 is 27.2 Å². The lowest BCUT2D eigenvalue weighted by Crippen LogP contribution is -2.38. The van der Waals surface area contributed by atoms with Gasteiger partial charge in [-0.1, -0.05) is 0 Å². The normalized spacial score (nSPS) is 12.7. The molecule has 0 aromatic carbocycles. The summed E-state index contributed by atoms with van der Waals surface area (Å²) in [5.74, 6) is -0.700. The van der Waals surface area contributed by atoms with Gasteiger partial charge in [-0.05, 0) is 48.5 Å². The number of imidazole rings is 1. The van der Waals surface area contributed by atoms with Crippen LogP contribution in [0.3, 0.4) is 0 Å². The lowest BCUT2D eigenvalue weighted by molar-refractivity contribution is -0.120. The van der Waals surface area contributed by atoms with Crippen LogP contribution in [0.1, 0.15) is 54.2 Å². The summed E-state index contributed by atoms with van der Waals surface area (Å²) in [7, 11) is -8.30. The molecule has 0 fully saturated rings. The summed E-state index contributed by atoms with van der Waals surface area (Å²) < 4.78 is 54.5. The molecule has 12 nitrogen and oxygen atoms in total. The molecule has 1 aromatic rings. The molecule has 0 radical (unpaired) electrons.